The van der Waals surface area contributed by atoms with Crippen molar-refractivity contribution in [3.63, 3.8) is 0 Å². The fourth-order valence-electron chi connectivity index (χ4n) is 3.12. The maximum absolute atomic E-state index is 11.9. The average Bonchev–Trinajstić information content (AvgIpc) is 2.73. The summed E-state index contributed by atoms with van der Waals surface area (Å²) in [6.07, 6.45) is 9.86. The molecular weight excluding hydrogens is 288 g/mol. The van der Waals surface area contributed by atoms with Crippen LogP contribution in [0.25, 0.3) is 6.08 Å². The minimum atomic E-state index is -0.0245. The normalized spacial score (nSPS) is 16.7. The third-order valence-corrected chi connectivity index (χ3v) is 4.62. The highest BCUT2D eigenvalue weighted by Gasteiger charge is 2.09. The molecule has 2 rings (SSSR count). The summed E-state index contributed by atoms with van der Waals surface area (Å²) in [4.78, 5) is 14.4. The van der Waals surface area contributed by atoms with Gasteiger partial charge < -0.3 is 10.2 Å². The fraction of sp³-hybridized carbons (Fsp3) is 0.667. The topological polar surface area (TPSA) is 50.2 Å². The molecule has 1 amide bonds. The Morgan fingerprint density at radius 3 is 2.52 bits per heavy atom. The van der Waals surface area contributed by atoms with Gasteiger partial charge in [0.15, 0.2) is 0 Å². The SMILES string of the molecule is Cc1nn(C)c(C)c1/C=C/C(=O)NCCCN1CCCCCC1. The second-order valence-corrected chi connectivity index (χ2v) is 6.44. The number of amides is 1. The zero-order valence-electron chi connectivity index (χ0n) is 14.8. The fourth-order valence-corrected chi connectivity index (χ4v) is 3.12. The number of carbonyl (C=O) groups excluding carboxylic acids is 1. The van der Waals surface area contributed by atoms with E-state index in [1.165, 1.54) is 38.8 Å². The zero-order valence-corrected chi connectivity index (χ0v) is 14.8. The molecule has 1 fully saturated rings. The van der Waals surface area contributed by atoms with Crippen molar-refractivity contribution in [2.75, 3.05) is 26.2 Å². The van der Waals surface area contributed by atoms with Gasteiger partial charge in [0.25, 0.3) is 0 Å². The van der Waals surface area contributed by atoms with Gasteiger partial charge in [-0.15, -0.1) is 0 Å². The highest BCUT2D eigenvalue weighted by molar-refractivity contribution is 5.91. The molecule has 1 aromatic rings. The van der Waals surface area contributed by atoms with E-state index >= 15 is 0 Å². The molecule has 23 heavy (non-hydrogen) atoms. The molecule has 1 saturated heterocycles. The van der Waals surface area contributed by atoms with E-state index in [2.05, 4.69) is 15.3 Å². The van der Waals surface area contributed by atoms with Crippen LogP contribution in [0.1, 0.15) is 49.1 Å². The van der Waals surface area contributed by atoms with Gasteiger partial charge in [-0.05, 0) is 58.8 Å². The maximum atomic E-state index is 11.9. The van der Waals surface area contributed by atoms with Crippen LogP contribution in [0.4, 0.5) is 0 Å². The monoisotopic (exact) mass is 318 g/mol. The van der Waals surface area contributed by atoms with Crippen LogP contribution in [0.5, 0.6) is 0 Å². The van der Waals surface area contributed by atoms with E-state index < -0.39 is 0 Å². The van der Waals surface area contributed by atoms with E-state index in [0.29, 0.717) is 0 Å². The van der Waals surface area contributed by atoms with Crippen LogP contribution in [-0.2, 0) is 11.8 Å². The van der Waals surface area contributed by atoms with E-state index in [1.54, 1.807) is 6.08 Å². The van der Waals surface area contributed by atoms with Crippen LogP contribution in [0, 0.1) is 13.8 Å². The van der Waals surface area contributed by atoms with Crippen molar-refractivity contribution in [2.45, 2.75) is 46.0 Å². The van der Waals surface area contributed by atoms with Crippen molar-refractivity contribution in [1.82, 2.24) is 20.0 Å². The number of likely N-dealkylation sites (tertiary alicyclic amines) is 1. The summed E-state index contributed by atoms with van der Waals surface area (Å²) < 4.78 is 1.84. The van der Waals surface area contributed by atoms with Crippen LogP contribution in [0.3, 0.4) is 0 Å². The molecule has 5 nitrogen and oxygen atoms in total. The number of aryl methyl sites for hydroxylation is 2. The molecule has 0 bridgehead atoms. The minimum Gasteiger partial charge on any atom is -0.353 e. The minimum absolute atomic E-state index is 0.0245. The molecule has 1 N–H and O–H groups in total. The molecule has 5 heteroatoms. The Hall–Kier alpha value is -1.62. The first-order valence-electron chi connectivity index (χ1n) is 8.76. The lowest BCUT2D eigenvalue weighted by atomic mass is 10.2. The van der Waals surface area contributed by atoms with Gasteiger partial charge in [0.1, 0.15) is 0 Å². The van der Waals surface area contributed by atoms with Gasteiger partial charge in [0, 0.05) is 30.9 Å². The second kappa shape index (κ2) is 8.87. The number of aromatic nitrogens is 2. The van der Waals surface area contributed by atoms with Crippen molar-refractivity contribution < 1.29 is 4.79 Å². The Morgan fingerprint density at radius 2 is 1.91 bits per heavy atom. The highest BCUT2D eigenvalue weighted by Crippen LogP contribution is 2.13. The molecule has 1 aliphatic heterocycles. The molecule has 0 spiro atoms. The van der Waals surface area contributed by atoms with Crippen molar-refractivity contribution in [1.29, 1.82) is 0 Å². The molecule has 1 aliphatic rings. The molecule has 0 radical (unpaired) electrons. The number of nitrogens with one attached hydrogen (secondary N) is 1. The molecule has 0 saturated carbocycles. The molecule has 0 aliphatic carbocycles. The third kappa shape index (κ3) is 5.50. The number of hydrogen-bond donors (Lipinski definition) is 1. The molecule has 2 heterocycles. The number of carbonyl (C=O) groups is 1. The molecule has 1 aromatic heterocycles. The summed E-state index contributed by atoms with van der Waals surface area (Å²) >= 11 is 0. The van der Waals surface area contributed by atoms with Gasteiger partial charge in [-0.25, -0.2) is 0 Å². The molecule has 0 aromatic carbocycles. The van der Waals surface area contributed by atoms with E-state index in [1.807, 2.05) is 31.7 Å². The van der Waals surface area contributed by atoms with Gasteiger partial charge in [0.2, 0.25) is 5.91 Å². The van der Waals surface area contributed by atoms with Gasteiger partial charge in [-0.1, -0.05) is 12.8 Å². The van der Waals surface area contributed by atoms with Crippen molar-refractivity contribution in [2.24, 2.45) is 7.05 Å². The largest absolute Gasteiger partial charge is 0.353 e. The number of rotatable bonds is 6. The van der Waals surface area contributed by atoms with Crippen molar-refractivity contribution in [3.05, 3.63) is 23.0 Å². The van der Waals surface area contributed by atoms with E-state index in [-0.39, 0.29) is 5.91 Å². The average molecular weight is 318 g/mol. The van der Waals surface area contributed by atoms with Gasteiger partial charge in [-0.2, -0.15) is 5.10 Å². The standard InChI is InChI=1S/C18H30N4O/c1-15-17(16(2)21(3)20-15)9-10-18(23)19-11-8-14-22-12-6-4-5-7-13-22/h9-10H,4-8,11-14H2,1-3H3,(H,19,23)/b10-9+. The van der Waals surface area contributed by atoms with E-state index in [4.69, 9.17) is 0 Å². The number of nitrogens with zero attached hydrogens (tertiary/aromatic N) is 3. The Balaban J connectivity index is 1.69. The summed E-state index contributed by atoms with van der Waals surface area (Å²) in [5.74, 6) is -0.0245. The van der Waals surface area contributed by atoms with E-state index in [9.17, 15) is 4.79 Å². The Morgan fingerprint density at radius 1 is 1.22 bits per heavy atom. The van der Waals surface area contributed by atoms with Crippen molar-refractivity contribution in [3.8, 4) is 0 Å². The Bertz CT molecular complexity index is 539. The predicted octanol–water partition coefficient (Wildman–Crippen LogP) is 2.43. The summed E-state index contributed by atoms with van der Waals surface area (Å²) in [6, 6.07) is 0. The lowest BCUT2D eigenvalue weighted by Crippen LogP contribution is -2.30. The first-order chi connectivity index (χ1) is 11.1. The second-order valence-electron chi connectivity index (χ2n) is 6.44. The molecule has 0 unspecified atom stereocenters. The van der Waals surface area contributed by atoms with Crippen molar-refractivity contribution >= 4 is 12.0 Å². The van der Waals surface area contributed by atoms with Gasteiger partial charge >= 0.3 is 0 Å². The van der Waals surface area contributed by atoms with Gasteiger partial charge in [0.05, 0.1) is 5.69 Å². The summed E-state index contributed by atoms with van der Waals surface area (Å²) in [7, 11) is 1.92. The van der Waals surface area contributed by atoms with Crippen LogP contribution in [0.15, 0.2) is 6.08 Å². The first-order valence-corrected chi connectivity index (χ1v) is 8.76. The smallest absolute Gasteiger partial charge is 0.244 e. The lowest BCUT2D eigenvalue weighted by Gasteiger charge is -2.19. The molecule has 0 atom stereocenters. The van der Waals surface area contributed by atoms with Crippen LogP contribution >= 0.6 is 0 Å². The van der Waals surface area contributed by atoms with Crippen LogP contribution in [-0.4, -0.2) is 46.8 Å². The van der Waals surface area contributed by atoms with Crippen LogP contribution < -0.4 is 5.32 Å². The third-order valence-electron chi connectivity index (χ3n) is 4.62. The quantitative estimate of drug-likeness (QED) is 0.647. The first kappa shape index (κ1) is 17.7. The predicted molar refractivity (Wildman–Crippen MR) is 94.3 cm³/mol. The number of hydrogen-bond acceptors (Lipinski definition) is 3. The molecular formula is C18H30N4O. The molecule has 128 valence electrons. The summed E-state index contributed by atoms with van der Waals surface area (Å²) in [6.45, 7) is 8.24. The summed E-state index contributed by atoms with van der Waals surface area (Å²) in [5.41, 5.74) is 3.06. The van der Waals surface area contributed by atoms with Gasteiger partial charge in [-0.3, -0.25) is 9.48 Å². The Kier molecular flexibility index (Phi) is 6.84. The van der Waals surface area contributed by atoms with Crippen LogP contribution in [0.2, 0.25) is 0 Å². The summed E-state index contributed by atoms with van der Waals surface area (Å²) in [5, 5.41) is 7.33. The maximum Gasteiger partial charge on any atom is 0.244 e. The lowest BCUT2D eigenvalue weighted by molar-refractivity contribution is -0.116. The highest BCUT2D eigenvalue weighted by atomic mass is 16.1. The zero-order chi connectivity index (χ0) is 16.7. The Labute approximate surface area is 139 Å². The van der Waals surface area contributed by atoms with E-state index in [0.717, 1.165) is 36.5 Å².